The van der Waals surface area contributed by atoms with Crippen LogP contribution in [-0.2, 0) is 5.41 Å². The second-order valence-electron chi connectivity index (χ2n) is 17.9. The first-order chi connectivity index (χ1) is 33.2. The first kappa shape index (κ1) is 39.3. The zero-order valence-electron chi connectivity index (χ0n) is 36.9. The normalized spacial score (nSPS) is 15.2. The summed E-state index contributed by atoms with van der Waals surface area (Å²) in [5.41, 5.74) is 18.1. The van der Waals surface area contributed by atoms with Gasteiger partial charge in [0.05, 0.1) is 5.41 Å². The molecule has 10 aromatic carbocycles. The van der Waals surface area contributed by atoms with Gasteiger partial charge in [-0.25, -0.2) is 0 Å². The molecule has 314 valence electrons. The van der Waals surface area contributed by atoms with Crippen molar-refractivity contribution in [1.29, 1.82) is 0 Å². The topological polar surface area (TPSA) is 0 Å². The molecule has 1 heteroatoms. The molecule has 0 bridgehead atoms. The van der Waals surface area contributed by atoms with Crippen molar-refractivity contribution in [3.63, 3.8) is 0 Å². The fraction of sp³-hybridized carbons (Fsp3) is 0.0303. The van der Waals surface area contributed by atoms with Gasteiger partial charge in [0.2, 0.25) is 0 Å². The van der Waals surface area contributed by atoms with E-state index in [0.29, 0.717) is 0 Å². The van der Waals surface area contributed by atoms with Gasteiger partial charge >= 0.3 is 0 Å². The maximum atomic E-state index is 4.63. The highest BCUT2D eigenvalue weighted by molar-refractivity contribution is 7.26. The molecular formula is C66H44S. The Morgan fingerprint density at radius 1 is 0.463 bits per heavy atom. The summed E-state index contributed by atoms with van der Waals surface area (Å²) in [5.74, 6) is 0. The van der Waals surface area contributed by atoms with E-state index in [0.717, 1.165) is 23.1 Å². The third-order valence-corrected chi connectivity index (χ3v) is 15.5. The molecule has 0 amide bonds. The van der Waals surface area contributed by atoms with Gasteiger partial charge in [-0.05, 0) is 124 Å². The van der Waals surface area contributed by atoms with E-state index >= 15 is 0 Å². The molecule has 0 nitrogen and oxygen atoms in total. The zero-order chi connectivity index (χ0) is 44.5. The lowest BCUT2D eigenvalue weighted by Crippen LogP contribution is -2.29. The van der Waals surface area contributed by atoms with Gasteiger partial charge < -0.3 is 0 Å². The van der Waals surface area contributed by atoms with Crippen molar-refractivity contribution in [2.24, 2.45) is 0 Å². The van der Waals surface area contributed by atoms with E-state index in [1.54, 1.807) is 0 Å². The molecule has 2 aliphatic rings. The molecule has 1 aromatic heterocycles. The monoisotopic (exact) mass is 868 g/mol. The van der Waals surface area contributed by atoms with Crippen molar-refractivity contribution in [1.82, 2.24) is 0 Å². The maximum absolute atomic E-state index is 4.63. The molecule has 0 saturated carbocycles. The van der Waals surface area contributed by atoms with Gasteiger partial charge in [0.1, 0.15) is 0 Å². The molecule has 2 aliphatic carbocycles. The highest BCUT2D eigenvalue weighted by Gasteiger charge is 2.47. The first-order valence-corrected chi connectivity index (χ1v) is 24.1. The average molecular weight is 869 g/mol. The summed E-state index contributed by atoms with van der Waals surface area (Å²) in [4.78, 5) is 0. The third kappa shape index (κ3) is 6.12. The minimum Gasteiger partial charge on any atom is -0.135 e. The molecule has 67 heavy (non-hydrogen) atoms. The Kier molecular flexibility index (Phi) is 9.27. The van der Waals surface area contributed by atoms with Crippen LogP contribution >= 0.6 is 11.3 Å². The van der Waals surface area contributed by atoms with Crippen LogP contribution < -0.4 is 0 Å². The standard InChI is InChI=1S/C66H44S/c1-43(44-35-37-46(38-36-44)45-19-6-4-7-20-45)47-39-40-51-48(41-47)42-59(53-26-13-12-25-52(51)53)55-29-18-34-62-64(55)58-31-16-30-56(65(58)67-62)54-28-17-33-61-63(54)57-27-14-15-32-60(57)66(61,50-23-10-5-11-24-50)49-21-8-2-3-9-22-49/h2,4-42H,1,3H2. The Balaban J connectivity index is 0.982. The minimum atomic E-state index is -0.466. The summed E-state index contributed by atoms with van der Waals surface area (Å²) >= 11 is 1.92. The van der Waals surface area contributed by atoms with Gasteiger partial charge in [0.15, 0.2) is 0 Å². The van der Waals surface area contributed by atoms with Crippen LogP contribution in [0.4, 0.5) is 0 Å². The second-order valence-corrected chi connectivity index (χ2v) is 18.9. The molecule has 0 fully saturated rings. The van der Waals surface area contributed by atoms with Crippen molar-refractivity contribution in [2.45, 2.75) is 11.8 Å². The fourth-order valence-corrected chi connectivity index (χ4v) is 12.6. The van der Waals surface area contributed by atoms with E-state index < -0.39 is 5.41 Å². The molecule has 0 aliphatic heterocycles. The first-order valence-electron chi connectivity index (χ1n) is 23.3. The Morgan fingerprint density at radius 3 is 1.99 bits per heavy atom. The molecule has 0 N–H and O–H groups in total. The van der Waals surface area contributed by atoms with Crippen LogP contribution in [-0.4, -0.2) is 0 Å². The molecule has 0 spiro atoms. The predicted octanol–water partition coefficient (Wildman–Crippen LogP) is 18.2. The fourth-order valence-electron chi connectivity index (χ4n) is 11.3. The van der Waals surface area contributed by atoms with Gasteiger partial charge in [0, 0.05) is 25.7 Å². The van der Waals surface area contributed by atoms with Crippen LogP contribution in [0.2, 0.25) is 0 Å². The van der Waals surface area contributed by atoms with Crippen molar-refractivity contribution in [2.75, 3.05) is 0 Å². The summed E-state index contributed by atoms with van der Waals surface area (Å²) in [5, 5.41) is 7.56. The van der Waals surface area contributed by atoms with E-state index in [1.807, 2.05) is 11.3 Å². The van der Waals surface area contributed by atoms with Crippen molar-refractivity contribution >= 4 is 58.6 Å². The van der Waals surface area contributed by atoms with Crippen LogP contribution in [0.25, 0.3) is 91.8 Å². The summed E-state index contributed by atoms with van der Waals surface area (Å²) in [6.07, 6.45) is 12.4. The molecule has 13 rings (SSSR count). The number of hydrogen-bond donors (Lipinski definition) is 0. The molecule has 1 unspecified atom stereocenters. The number of thiophene rings is 1. The Bertz CT molecular complexity index is 3880. The van der Waals surface area contributed by atoms with Gasteiger partial charge in [0.25, 0.3) is 0 Å². The maximum Gasteiger partial charge on any atom is 0.0713 e. The average Bonchev–Trinajstić information content (AvgIpc) is 3.79. The summed E-state index contributed by atoms with van der Waals surface area (Å²) in [6.45, 7) is 4.63. The van der Waals surface area contributed by atoms with Gasteiger partial charge in [-0.2, -0.15) is 0 Å². The lowest BCUT2D eigenvalue weighted by molar-refractivity contribution is 0.767. The van der Waals surface area contributed by atoms with E-state index in [-0.39, 0.29) is 0 Å². The Morgan fingerprint density at radius 2 is 1.12 bits per heavy atom. The van der Waals surface area contributed by atoms with Gasteiger partial charge in [-0.15, -0.1) is 11.3 Å². The highest BCUT2D eigenvalue weighted by atomic mass is 32.1. The molecule has 1 atom stereocenters. The minimum absolute atomic E-state index is 0.466. The highest BCUT2D eigenvalue weighted by Crippen LogP contribution is 2.59. The van der Waals surface area contributed by atoms with Crippen LogP contribution in [0.15, 0.2) is 255 Å². The second kappa shape index (κ2) is 15.8. The van der Waals surface area contributed by atoms with Crippen LogP contribution in [0, 0.1) is 0 Å². The van der Waals surface area contributed by atoms with Crippen LogP contribution in [0.5, 0.6) is 0 Å². The number of rotatable bonds is 7. The Labute approximate surface area is 395 Å². The quantitative estimate of drug-likeness (QED) is 0.140. The zero-order valence-corrected chi connectivity index (χ0v) is 37.7. The van der Waals surface area contributed by atoms with Crippen LogP contribution in [0.1, 0.15) is 34.2 Å². The molecule has 11 aromatic rings. The number of fused-ring (bicyclic) bond motifs is 9. The number of hydrogen-bond acceptors (Lipinski definition) is 1. The third-order valence-electron chi connectivity index (χ3n) is 14.3. The summed E-state index contributed by atoms with van der Waals surface area (Å²) in [7, 11) is 0. The summed E-state index contributed by atoms with van der Waals surface area (Å²) < 4.78 is 2.60. The lowest BCUT2D eigenvalue weighted by Gasteiger charge is -2.34. The lowest BCUT2D eigenvalue weighted by atomic mass is 9.67. The van der Waals surface area contributed by atoms with Gasteiger partial charge in [-0.1, -0.05) is 231 Å². The Hall–Kier alpha value is -8.10. The number of benzene rings is 10. The van der Waals surface area contributed by atoms with Gasteiger partial charge in [-0.3, -0.25) is 0 Å². The van der Waals surface area contributed by atoms with Crippen molar-refractivity contribution < 1.29 is 0 Å². The van der Waals surface area contributed by atoms with E-state index in [2.05, 4.69) is 249 Å². The van der Waals surface area contributed by atoms with Crippen molar-refractivity contribution in [3.05, 3.63) is 283 Å². The molecule has 0 saturated heterocycles. The van der Waals surface area contributed by atoms with Crippen LogP contribution in [0.3, 0.4) is 0 Å². The SMILES string of the molecule is C=C(c1ccc(-c2ccccc2)cc1)c1ccc2c(c1)cc(-c1cccc3sc4c(-c5cccc6c5-c5ccccc5C6(C5=CC=CCC=C5)c5ccccc5)cccc4c13)c1ccccc12. The molecule has 0 radical (unpaired) electrons. The van der Waals surface area contributed by atoms with E-state index in [1.165, 1.54) is 108 Å². The van der Waals surface area contributed by atoms with Crippen molar-refractivity contribution in [3.8, 4) is 44.5 Å². The smallest absolute Gasteiger partial charge is 0.0713 e. The van der Waals surface area contributed by atoms with E-state index in [4.69, 9.17) is 0 Å². The summed E-state index contributed by atoms with van der Waals surface area (Å²) in [6, 6.07) is 78.7. The molecular weight excluding hydrogens is 825 g/mol. The largest absolute Gasteiger partial charge is 0.135 e. The predicted molar refractivity (Wildman–Crippen MR) is 288 cm³/mol. The molecule has 1 heterocycles. The number of allylic oxidation sites excluding steroid dienone is 6. The van der Waals surface area contributed by atoms with E-state index in [9.17, 15) is 0 Å².